The van der Waals surface area contributed by atoms with E-state index in [9.17, 15) is 0 Å². The van der Waals surface area contributed by atoms with E-state index in [2.05, 4.69) is 26.3 Å². The molecule has 0 aliphatic heterocycles. The SMILES string of the molecule is COc1ccc(OC)c(C(NN)c2ncccc2Br)c1. The maximum absolute atomic E-state index is 5.71. The van der Waals surface area contributed by atoms with Crippen molar-refractivity contribution in [1.29, 1.82) is 0 Å². The highest BCUT2D eigenvalue weighted by atomic mass is 79.9. The van der Waals surface area contributed by atoms with Gasteiger partial charge in [-0.2, -0.15) is 0 Å². The summed E-state index contributed by atoms with van der Waals surface area (Å²) in [5.41, 5.74) is 4.41. The normalized spacial score (nSPS) is 12.0. The first-order valence-corrected chi connectivity index (χ1v) is 6.79. The maximum Gasteiger partial charge on any atom is 0.124 e. The quantitative estimate of drug-likeness (QED) is 0.647. The summed E-state index contributed by atoms with van der Waals surface area (Å²) in [6.07, 6.45) is 1.72. The van der Waals surface area contributed by atoms with Gasteiger partial charge in [-0.3, -0.25) is 10.8 Å². The number of rotatable bonds is 5. The molecule has 2 aromatic rings. The van der Waals surface area contributed by atoms with Crippen molar-refractivity contribution in [3.8, 4) is 11.5 Å². The van der Waals surface area contributed by atoms with Crippen molar-refractivity contribution in [2.45, 2.75) is 6.04 Å². The number of ether oxygens (including phenoxy) is 2. The average Bonchev–Trinajstić information content (AvgIpc) is 2.49. The van der Waals surface area contributed by atoms with Gasteiger partial charge >= 0.3 is 0 Å². The Bertz CT molecular complexity index is 592. The van der Waals surface area contributed by atoms with Crippen LogP contribution in [0.15, 0.2) is 41.0 Å². The van der Waals surface area contributed by atoms with E-state index in [-0.39, 0.29) is 6.04 Å². The van der Waals surface area contributed by atoms with Crippen LogP contribution in [0.25, 0.3) is 0 Å². The summed E-state index contributed by atoms with van der Waals surface area (Å²) in [6.45, 7) is 0. The van der Waals surface area contributed by atoms with E-state index in [0.29, 0.717) is 5.75 Å². The molecule has 0 amide bonds. The van der Waals surface area contributed by atoms with E-state index in [4.69, 9.17) is 15.3 Å². The molecule has 0 bridgehead atoms. The van der Waals surface area contributed by atoms with Gasteiger partial charge in [0.05, 0.1) is 26.0 Å². The molecule has 0 aliphatic carbocycles. The van der Waals surface area contributed by atoms with Crippen LogP contribution in [0.4, 0.5) is 0 Å². The molecular formula is C14H16BrN3O2. The van der Waals surface area contributed by atoms with Crippen LogP contribution in [-0.2, 0) is 0 Å². The average molecular weight is 338 g/mol. The number of pyridine rings is 1. The third-order valence-electron chi connectivity index (χ3n) is 2.97. The third-order valence-corrected chi connectivity index (χ3v) is 3.65. The van der Waals surface area contributed by atoms with E-state index in [0.717, 1.165) is 21.5 Å². The minimum absolute atomic E-state index is 0.310. The van der Waals surface area contributed by atoms with Crippen molar-refractivity contribution in [2.75, 3.05) is 14.2 Å². The van der Waals surface area contributed by atoms with Gasteiger partial charge in [0.1, 0.15) is 11.5 Å². The van der Waals surface area contributed by atoms with Gasteiger partial charge in [0.15, 0.2) is 0 Å². The Balaban J connectivity index is 2.54. The zero-order valence-electron chi connectivity index (χ0n) is 11.3. The number of benzene rings is 1. The van der Waals surface area contributed by atoms with E-state index < -0.39 is 0 Å². The fourth-order valence-electron chi connectivity index (χ4n) is 1.99. The number of methoxy groups -OCH3 is 2. The van der Waals surface area contributed by atoms with E-state index in [1.165, 1.54) is 0 Å². The zero-order chi connectivity index (χ0) is 14.5. The van der Waals surface area contributed by atoms with Gasteiger partial charge in [0.25, 0.3) is 0 Å². The van der Waals surface area contributed by atoms with Gasteiger partial charge in [0.2, 0.25) is 0 Å². The number of hydrogen-bond donors (Lipinski definition) is 2. The number of hydrogen-bond acceptors (Lipinski definition) is 5. The monoisotopic (exact) mass is 337 g/mol. The second-order valence-corrected chi connectivity index (χ2v) is 4.93. The Morgan fingerprint density at radius 2 is 2.05 bits per heavy atom. The van der Waals surface area contributed by atoms with Crippen molar-refractivity contribution in [3.05, 3.63) is 52.3 Å². The number of halogens is 1. The van der Waals surface area contributed by atoms with E-state index in [1.54, 1.807) is 20.4 Å². The Morgan fingerprint density at radius 3 is 2.65 bits per heavy atom. The summed E-state index contributed by atoms with van der Waals surface area (Å²) >= 11 is 3.49. The van der Waals surface area contributed by atoms with Gasteiger partial charge in [-0.05, 0) is 46.3 Å². The molecule has 20 heavy (non-hydrogen) atoms. The van der Waals surface area contributed by atoms with Crippen molar-refractivity contribution in [2.24, 2.45) is 5.84 Å². The fraction of sp³-hybridized carbons (Fsp3) is 0.214. The number of nitrogens with zero attached hydrogens (tertiary/aromatic N) is 1. The minimum atomic E-state index is -0.310. The van der Waals surface area contributed by atoms with Crippen LogP contribution in [0.1, 0.15) is 17.3 Å². The minimum Gasteiger partial charge on any atom is -0.497 e. The molecule has 0 spiro atoms. The molecular weight excluding hydrogens is 322 g/mol. The van der Waals surface area contributed by atoms with Gasteiger partial charge in [-0.1, -0.05) is 0 Å². The summed E-state index contributed by atoms with van der Waals surface area (Å²) < 4.78 is 11.5. The molecule has 0 aliphatic rings. The molecule has 2 rings (SSSR count). The molecule has 0 radical (unpaired) electrons. The number of nitrogens with one attached hydrogen (secondary N) is 1. The van der Waals surface area contributed by atoms with Crippen LogP contribution in [0, 0.1) is 0 Å². The lowest BCUT2D eigenvalue weighted by molar-refractivity contribution is 0.393. The first kappa shape index (κ1) is 14.8. The van der Waals surface area contributed by atoms with Crippen LogP contribution in [-0.4, -0.2) is 19.2 Å². The molecule has 106 valence electrons. The van der Waals surface area contributed by atoms with Crippen molar-refractivity contribution in [1.82, 2.24) is 10.4 Å². The molecule has 0 fully saturated rings. The second-order valence-electron chi connectivity index (χ2n) is 4.08. The largest absolute Gasteiger partial charge is 0.497 e. The molecule has 1 heterocycles. The highest BCUT2D eigenvalue weighted by Crippen LogP contribution is 2.34. The molecule has 5 nitrogen and oxygen atoms in total. The number of nitrogens with two attached hydrogens (primary N) is 1. The lowest BCUT2D eigenvalue weighted by atomic mass is 10.0. The molecule has 6 heteroatoms. The number of aromatic nitrogens is 1. The Morgan fingerprint density at radius 1 is 1.25 bits per heavy atom. The first-order valence-electron chi connectivity index (χ1n) is 5.99. The summed E-state index contributed by atoms with van der Waals surface area (Å²) in [4.78, 5) is 4.37. The zero-order valence-corrected chi connectivity index (χ0v) is 12.8. The molecule has 1 unspecified atom stereocenters. The third kappa shape index (κ3) is 2.92. The molecule has 1 aromatic heterocycles. The van der Waals surface area contributed by atoms with Gasteiger partial charge in [-0.25, -0.2) is 5.43 Å². The Hall–Kier alpha value is -1.63. The topological polar surface area (TPSA) is 69.4 Å². The molecule has 3 N–H and O–H groups in total. The summed E-state index contributed by atoms with van der Waals surface area (Å²) in [6, 6.07) is 9.02. The fourth-order valence-corrected chi connectivity index (χ4v) is 2.48. The smallest absolute Gasteiger partial charge is 0.124 e. The molecule has 0 saturated heterocycles. The highest BCUT2D eigenvalue weighted by molar-refractivity contribution is 9.10. The van der Waals surface area contributed by atoms with Crippen LogP contribution in [0.3, 0.4) is 0 Å². The van der Waals surface area contributed by atoms with Crippen molar-refractivity contribution < 1.29 is 9.47 Å². The predicted molar refractivity (Wildman–Crippen MR) is 80.6 cm³/mol. The molecule has 0 saturated carbocycles. The van der Waals surface area contributed by atoms with Crippen LogP contribution in [0.5, 0.6) is 11.5 Å². The second kappa shape index (κ2) is 6.69. The molecule has 1 atom stereocenters. The highest BCUT2D eigenvalue weighted by Gasteiger charge is 2.21. The number of hydrazine groups is 1. The summed E-state index contributed by atoms with van der Waals surface area (Å²) in [7, 11) is 3.24. The maximum atomic E-state index is 5.71. The molecule has 1 aromatic carbocycles. The lowest BCUT2D eigenvalue weighted by Gasteiger charge is -2.20. The standard InChI is InChI=1S/C14H16BrN3O2/c1-19-9-5-6-12(20-2)10(8-9)13(18-16)14-11(15)4-3-7-17-14/h3-8,13,18H,16H2,1-2H3. The van der Waals surface area contributed by atoms with E-state index in [1.807, 2.05) is 30.3 Å². The lowest BCUT2D eigenvalue weighted by Crippen LogP contribution is -2.30. The van der Waals surface area contributed by atoms with Crippen LogP contribution < -0.4 is 20.7 Å². The summed E-state index contributed by atoms with van der Waals surface area (Å²) in [5.74, 6) is 7.16. The van der Waals surface area contributed by atoms with Crippen LogP contribution in [0.2, 0.25) is 0 Å². The van der Waals surface area contributed by atoms with Crippen molar-refractivity contribution >= 4 is 15.9 Å². The Labute approximate surface area is 126 Å². The van der Waals surface area contributed by atoms with Crippen LogP contribution >= 0.6 is 15.9 Å². The van der Waals surface area contributed by atoms with E-state index >= 15 is 0 Å². The predicted octanol–water partition coefficient (Wildman–Crippen LogP) is 2.41. The van der Waals surface area contributed by atoms with Gasteiger partial charge in [-0.15, -0.1) is 0 Å². The summed E-state index contributed by atoms with van der Waals surface area (Å²) in [5, 5.41) is 0. The Kier molecular flexibility index (Phi) is 4.94. The van der Waals surface area contributed by atoms with Crippen molar-refractivity contribution in [3.63, 3.8) is 0 Å². The first-order chi connectivity index (χ1) is 9.71. The van der Waals surface area contributed by atoms with Gasteiger partial charge in [0, 0.05) is 16.2 Å². The van der Waals surface area contributed by atoms with Gasteiger partial charge < -0.3 is 9.47 Å².